The smallest absolute Gasteiger partial charge is 0.110 e. The Balaban J connectivity index is 2.50. The second-order valence-electron chi connectivity index (χ2n) is 3.68. The van der Waals surface area contributed by atoms with Crippen LogP contribution < -0.4 is 5.73 Å². The third kappa shape index (κ3) is 1.97. The maximum Gasteiger partial charge on any atom is 0.110 e. The highest BCUT2D eigenvalue weighted by Crippen LogP contribution is 2.34. The molecule has 0 saturated carbocycles. The van der Waals surface area contributed by atoms with Crippen molar-refractivity contribution in [3.63, 3.8) is 0 Å². The van der Waals surface area contributed by atoms with Crippen LogP contribution in [-0.2, 0) is 0 Å². The minimum atomic E-state index is 0.0303. The van der Waals surface area contributed by atoms with E-state index in [1.165, 1.54) is 15.3 Å². The summed E-state index contributed by atoms with van der Waals surface area (Å²) in [5.74, 6) is 0. The van der Waals surface area contributed by atoms with Crippen LogP contribution in [0.4, 0.5) is 0 Å². The molecular formula is C11H14N2S2. The summed E-state index contributed by atoms with van der Waals surface area (Å²) in [4.78, 5) is 7.15. The van der Waals surface area contributed by atoms with E-state index in [4.69, 9.17) is 5.73 Å². The van der Waals surface area contributed by atoms with Gasteiger partial charge in [-0.05, 0) is 37.8 Å². The Morgan fingerprint density at radius 1 is 1.40 bits per heavy atom. The summed E-state index contributed by atoms with van der Waals surface area (Å²) in [6.07, 6.45) is 0. The minimum absolute atomic E-state index is 0.0303. The van der Waals surface area contributed by atoms with Gasteiger partial charge in [0.1, 0.15) is 5.01 Å². The van der Waals surface area contributed by atoms with Crippen molar-refractivity contribution in [1.29, 1.82) is 0 Å². The van der Waals surface area contributed by atoms with E-state index >= 15 is 0 Å². The first-order valence-electron chi connectivity index (χ1n) is 4.87. The Morgan fingerprint density at radius 2 is 2.13 bits per heavy atom. The molecule has 0 aromatic carbocycles. The summed E-state index contributed by atoms with van der Waals surface area (Å²) in [5.41, 5.74) is 8.25. The summed E-state index contributed by atoms with van der Waals surface area (Å²) < 4.78 is 0. The largest absolute Gasteiger partial charge is 0.322 e. The van der Waals surface area contributed by atoms with Crippen LogP contribution in [0.2, 0.25) is 0 Å². The van der Waals surface area contributed by atoms with Crippen LogP contribution in [0.5, 0.6) is 0 Å². The average molecular weight is 238 g/mol. The van der Waals surface area contributed by atoms with Gasteiger partial charge >= 0.3 is 0 Å². The van der Waals surface area contributed by atoms with Crippen molar-refractivity contribution >= 4 is 22.7 Å². The highest BCUT2D eigenvalue weighted by Gasteiger charge is 2.14. The molecule has 2 heterocycles. The zero-order valence-electron chi connectivity index (χ0n) is 9.07. The van der Waals surface area contributed by atoms with Crippen molar-refractivity contribution in [2.75, 3.05) is 0 Å². The molecule has 0 aliphatic carbocycles. The number of nitrogens with zero attached hydrogens (tertiary/aromatic N) is 1. The lowest BCUT2D eigenvalue weighted by molar-refractivity contribution is 0.808. The van der Waals surface area contributed by atoms with Crippen LogP contribution in [-0.4, -0.2) is 4.98 Å². The van der Waals surface area contributed by atoms with Crippen LogP contribution in [0.25, 0.3) is 10.6 Å². The molecule has 4 heteroatoms. The fraction of sp³-hybridized carbons (Fsp3) is 0.364. The molecule has 0 saturated heterocycles. The van der Waals surface area contributed by atoms with Gasteiger partial charge in [-0.3, -0.25) is 0 Å². The number of aryl methyl sites for hydroxylation is 2. The van der Waals surface area contributed by atoms with E-state index in [2.05, 4.69) is 30.3 Å². The second-order valence-corrected chi connectivity index (χ2v) is 5.83. The van der Waals surface area contributed by atoms with Gasteiger partial charge in [-0.2, -0.15) is 0 Å². The fourth-order valence-electron chi connectivity index (χ4n) is 1.44. The number of nitrogens with two attached hydrogens (primary N) is 1. The number of thiophene rings is 1. The molecule has 0 aliphatic rings. The maximum absolute atomic E-state index is 5.84. The molecule has 0 radical (unpaired) electrons. The first-order chi connectivity index (χ1) is 7.09. The SMILES string of the molecule is Cc1ccsc1-c1nc(C(C)N)sc1C. The van der Waals surface area contributed by atoms with E-state index in [1.807, 2.05) is 6.92 Å². The van der Waals surface area contributed by atoms with Crippen molar-refractivity contribution < 1.29 is 0 Å². The molecule has 0 fully saturated rings. The van der Waals surface area contributed by atoms with E-state index < -0.39 is 0 Å². The van der Waals surface area contributed by atoms with E-state index in [0.717, 1.165) is 10.7 Å². The number of hydrogen-bond donors (Lipinski definition) is 1. The molecule has 2 N–H and O–H groups in total. The lowest BCUT2D eigenvalue weighted by Crippen LogP contribution is -2.03. The molecule has 15 heavy (non-hydrogen) atoms. The molecular weight excluding hydrogens is 224 g/mol. The van der Waals surface area contributed by atoms with Gasteiger partial charge in [0.05, 0.1) is 16.6 Å². The van der Waals surface area contributed by atoms with E-state index in [-0.39, 0.29) is 6.04 Å². The van der Waals surface area contributed by atoms with Gasteiger partial charge in [-0.25, -0.2) is 4.98 Å². The van der Waals surface area contributed by atoms with Gasteiger partial charge < -0.3 is 5.73 Å². The first-order valence-corrected chi connectivity index (χ1v) is 6.56. The maximum atomic E-state index is 5.84. The normalized spacial score (nSPS) is 13.1. The Kier molecular flexibility index (Phi) is 2.91. The number of hydrogen-bond acceptors (Lipinski definition) is 4. The van der Waals surface area contributed by atoms with E-state index in [0.29, 0.717) is 0 Å². The fourth-order valence-corrected chi connectivity index (χ4v) is 3.36. The topological polar surface area (TPSA) is 38.9 Å². The number of aromatic nitrogens is 1. The quantitative estimate of drug-likeness (QED) is 0.869. The molecule has 1 unspecified atom stereocenters. The average Bonchev–Trinajstić information content (AvgIpc) is 2.71. The van der Waals surface area contributed by atoms with Gasteiger partial charge in [0, 0.05) is 4.88 Å². The van der Waals surface area contributed by atoms with Crippen LogP contribution in [0.3, 0.4) is 0 Å². The first kappa shape index (κ1) is 10.8. The molecule has 0 aliphatic heterocycles. The highest BCUT2D eigenvalue weighted by atomic mass is 32.1. The Bertz CT molecular complexity index is 469. The van der Waals surface area contributed by atoms with Crippen LogP contribution in [0, 0.1) is 13.8 Å². The zero-order valence-corrected chi connectivity index (χ0v) is 10.7. The predicted octanol–water partition coefficient (Wildman–Crippen LogP) is 3.51. The van der Waals surface area contributed by atoms with Crippen LogP contribution >= 0.6 is 22.7 Å². The summed E-state index contributed by atoms with van der Waals surface area (Å²) >= 11 is 3.45. The van der Waals surface area contributed by atoms with Gasteiger partial charge in [0.15, 0.2) is 0 Å². The van der Waals surface area contributed by atoms with Crippen molar-refractivity contribution in [3.05, 3.63) is 26.9 Å². The number of thiazole rings is 1. The van der Waals surface area contributed by atoms with Crippen molar-refractivity contribution in [2.45, 2.75) is 26.8 Å². The minimum Gasteiger partial charge on any atom is -0.322 e. The molecule has 0 amide bonds. The molecule has 2 nitrogen and oxygen atoms in total. The molecule has 2 aromatic rings. The van der Waals surface area contributed by atoms with Crippen molar-refractivity contribution in [2.24, 2.45) is 5.73 Å². The van der Waals surface area contributed by atoms with Crippen molar-refractivity contribution in [3.8, 4) is 10.6 Å². The standard InChI is InChI=1S/C11H14N2S2/c1-6-4-5-14-10(6)9-8(3)15-11(13-9)7(2)12/h4-5,7H,12H2,1-3H3. The third-order valence-corrected chi connectivity index (χ3v) is 4.47. The van der Waals surface area contributed by atoms with E-state index in [1.54, 1.807) is 22.7 Å². The van der Waals surface area contributed by atoms with Gasteiger partial charge in [-0.1, -0.05) is 0 Å². The molecule has 1 atom stereocenters. The van der Waals surface area contributed by atoms with Gasteiger partial charge in [-0.15, -0.1) is 22.7 Å². The summed E-state index contributed by atoms with van der Waals surface area (Å²) in [6, 6.07) is 2.16. The van der Waals surface area contributed by atoms with Crippen molar-refractivity contribution in [1.82, 2.24) is 4.98 Å². The molecule has 80 valence electrons. The van der Waals surface area contributed by atoms with Crippen LogP contribution in [0.15, 0.2) is 11.4 Å². The number of rotatable bonds is 2. The summed E-state index contributed by atoms with van der Waals surface area (Å²) in [5, 5.41) is 3.13. The molecule has 0 spiro atoms. The van der Waals surface area contributed by atoms with Gasteiger partial charge in [0.2, 0.25) is 0 Å². The van der Waals surface area contributed by atoms with E-state index in [9.17, 15) is 0 Å². The third-order valence-electron chi connectivity index (χ3n) is 2.28. The lowest BCUT2D eigenvalue weighted by Gasteiger charge is -1.97. The molecule has 2 aromatic heterocycles. The summed E-state index contributed by atoms with van der Waals surface area (Å²) in [6.45, 7) is 6.21. The zero-order chi connectivity index (χ0) is 11.0. The predicted molar refractivity (Wildman–Crippen MR) is 67.5 cm³/mol. The van der Waals surface area contributed by atoms with Crippen LogP contribution in [0.1, 0.15) is 28.4 Å². The summed E-state index contributed by atoms with van der Waals surface area (Å²) in [7, 11) is 0. The lowest BCUT2D eigenvalue weighted by atomic mass is 10.2. The Hall–Kier alpha value is -0.710. The Morgan fingerprint density at radius 3 is 2.60 bits per heavy atom. The molecule has 2 rings (SSSR count). The Labute approximate surface area is 97.8 Å². The van der Waals surface area contributed by atoms with Gasteiger partial charge in [0.25, 0.3) is 0 Å². The highest BCUT2D eigenvalue weighted by molar-refractivity contribution is 7.15. The monoisotopic (exact) mass is 238 g/mol. The molecule has 0 bridgehead atoms. The second kappa shape index (κ2) is 4.04.